The Morgan fingerprint density at radius 3 is 2.38 bits per heavy atom. The molecule has 4 rings (SSSR count). The third kappa shape index (κ3) is 3.95. The van der Waals surface area contributed by atoms with Gasteiger partial charge in [0.15, 0.2) is 0 Å². The number of alkyl halides is 3. The van der Waals surface area contributed by atoms with Gasteiger partial charge in [-0.3, -0.25) is 20.3 Å². The van der Waals surface area contributed by atoms with E-state index >= 15 is 0 Å². The summed E-state index contributed by atoms with van der Waals surface area (Å²) < 4.78 is 55.4. The minimum atomic E-state index is -4.54. The van der Waals surface area contributed by atoms with Crippen LogP contribution in [0.15, 0.2) is 52.4 Å². The predicted molar refractivity (Wildman–Crippen MR) is 120 cm³/mol. The highest BCUT2D eigenvalue weighted by Crippen LogP contribution is 2.39. The molecule has 0 aromatic heterocycles. The number of halogens is 5. The van der Waals surface area contributed by atoms with Crippen LogP contribution in [0.5, 0.6) is 0 Å². The van der Waals surface area contributed by atoms with E-state index in [-0.39, 0.29) is 41.5 Å². The number of hydrogen-bond donors (Lipinski definition) is 1. The van der Waals surface area contributed by atoms with E-state index in [0.717, 1.165) is 12.1 Å². The fraction of sp³-hybridized carbons (Fsp3) is 0.364. The number of hydrazine groups is 1. The molecular formula is C22H24ClF4N5. The third-order valence-corrected chi connectivity index (χ3v) is 5.51. The lowest BCUT2D eigenvalue weighted by molar-refractivity contribution is -0.137. The standard InChI is InChI=1S/C22H23F4N5.ClH/c1-12(2)31-20-13(3)28-19(15-7-5-6-8-17(15)23)16-11-14(22(24,25)26)9-10-18(16)30(20)21(27-4)29-31;/h5-13,20H,1-4H3,(H,27,29);1H. The van der Waals surface area contributed by atoms with Crippen molar-refractivity contribution in [3.63, 3.8) is 0 Å². The molecule has 0 saturated carbocycles. The zero-order chi connectivity index (χ0) is 22.5. The summed E-state index contributed by atoms with van der Waals surface area (Å²) in [6, 6.07) is 9.15. The summed E-state index contributed by atoms with van der Waals surface area (Å²) in [5.41, 5.74) is 3.47. The number of benzene rings is 2. The first-order valence-corrected chi connectivity index (χ1v) is 9.98. The van der Waals surface area contributed by atoms with Gasteiger partial charge in [-0.25, -0.2) is 4.39 Å². The van der Waals surface area contributed by atoms with Crippen LogP contribution in [0.3, 0.4) is 0 Å². The molecule has 2 aromatic carbocycles. The summed E-state index contributed by atoms with van der Waals surface area (Å²) in [6.45, 7) is 5.86. The molecule has 2 aliphatic rings. The monoisotopic (exact) mass is 469 g/mol. The van der Waals surface area contributed by atoms with Crippen molar-refractivity contribution in [2.45, 2.75) is 45.2 Å². The van der Waals surface area contributed by atoms with Crippen LogP contribution in [0.2, 0.25) is 0 Å². The minimum Gasteiger partial charge on any atom is -0.291 e. The average molecular weight is 470 g/mol. The topological polar surface area (TPSA) is 43.2 Å². The lowest BCUT2D eigenvalue weighted by Crippen LogP contribution is -2.50. The van der Waals surface area contributed by atoms with Crippen LogP contribution in [-0.4, -0.2) is 42.0 Å². The van der Waals surface area contributed by atoms with E-state index in [9.17, 15) is 17.6 Å². The Morgan fingerprint density at radius 2 is 1.78 bits per heavy atom. The van der Waals surface area contributed by atoms with Crippen molar-refractivity contribution in [2.75, 3.05) is 11.9 Å². The molecular weight excluding hydrogens is 446 g/mol. The molecule has 5 nitrogen and oxygen atoms in total. The molecule has 2 heterocycles. The number of hydrogen-bond acceptors (Lipinski definition) is 3. The van der Waals surface area contributed by atoms with E-state index in [1.165, 1.54) is 24.3 Å². The number of nitrogens with zero attached hydrogens (tertiary/aromatic N) is 4. The van der Waals surface area contributed by atoms with E-state index in [0.29, 0.717) is 11.6 Å². The molecule has 32 heavy (non-hydrogen) atoms. The average Bonchev–Trinajstić information content (AvgIpc) is 3.06. The maximum atomic E-state index is 14.7. The lowest BCUT2D eigenvalue weighted by Gasteiger charge is -2.32. The summed E-state index contributed by atoms with van der Waals surface area (Å²) >= 11 is 0. The van der Waals surface area contributed by atoms with Crippen molar-refractivity contribution < 1.29 is 17.6 Å². The first-order chi connectivity index (χ1) is 14.6. The fourth-order valence-corrected chi connectivity index (χ4v) is 4.10. The summed E-state index contributed by atoms with van der Waals surface area (Å²) in [4.78, 5) is 10.9. The van der Waals surface area contributed by atoms with Gasteiger partial charge in [0, 0.05) is 24.2 Å². The van der Waals surface area contributed by atoms with Gasteiger partial charge in [-0.1, -0.05) is 12.1 Å². The van der Waals surface area contributed by atoms with Crippen LogP contribution in [0.1, 0.15) is 37.5 Å². The Morgan fingerprint density at radius 1 is 1.09 bits per heavy atom. The number of fused-ring (bicyclic) bond motifs is 3. The molecule has 2 unspecified atom stereocenters. The summed E-state index contributed by atoms with van der Waals surface area (Å²) in [7, 11) is 1.61. The Bertz CT molecular complexity index is 1070. The Balaban J connectivity index is 0.00000289. The van der Waals surface area contributed by atoms with Crippen molar-refractivity contribution in [3.8, 4) is 0 Å². The molecule has 0 spiro atoms. The van der Waals surface area contributed by atoms with Gasteiger partial charge in [-0.05, 0) is 51.1 Å². The van der Waals surface area contributed by atoms with E-state index in [1.54, 1.807) is 13.1 Å². The lowest BCUT2D eigenvalue weighted by atomic mass is 9.97. The molecule has 1 N–H and O–H groups in total. The molecule has 10 heteroatoms. The number of rotatable bonds is 2. The van der Waals surface area contributed by atoms with Crippen LogP contribution in [-0.2, 0) is 6.18 Å². The predicted octanol–water partition coefficient (Wildman–Crippen LogP) is 4.85. The zero-order valence-corrected chi connectivity index (χ0v) is 18.8. The molecule has 2 aromatic rings. The quantitative estimate of drug-likeness (QED) is 0.639. The Kier molecular flexibility index (Phi) is 6.53. The van der Waals surface area contributed by atoms with Gasteiger partial charge in [0.1, 0.15) is 12.0 Å². The van der Waals surface area contributed by atoms with Crippen molar-refractivity contribution in [3.05, 3.63) is 65.0 Å². The molecule has 0 radical (unpaired) electrons. The Hall–Kier alpha value is -2.65. The molecule has 0 aliphatic carbocycles. The minimum absolute atomic E-state index is 0. The van der Waals surface area contributed by atoms with Gasteiger partial charge in [0.25, 0.3) is 0 Å². The second-order valence-electron chi connectivity index (χ2n) is 7.87. The Labute approximate surface area is 190 Å². The smallest absolute Gasteiger partial charge is 0.291 e. The molecule has 2 atom stereocenters. The van der Waals surface area contributed by atoms with E-state index in [1.807, 2.05) is 30.7 Å². The number of aliphatic imine (C=N–C) groups is 2. The van der Waals surface area contributed by atoms with E-state index < -0.39 is 23.6 Å². The second-order valence-corrected chi connectivity index (χ2v) is 7.87. The van der Waals surface area contributed by atoms with Crippen LogP contribution >= 0.6 is 12.4 Å². The molecule has 2 aliphatic heterocycles. The van der Waals surface area contributed by atoms with Crippen molar-refractivity contribution in [1.29, 1.82) is 0 Å². The van der Waals surface area contributed by atoms with E-state index in [2.05, 4.69) is 10.4 Å². The second kappa shape index (κ2) is 8.71. The van der Waals surface area contributed by atoms with Crippen LogP contribution < -0.4 is 10.3 Å². The summed E-state index contributed by atoms with van der Waals surface area (Å²) in [5.74, 6) is -0.0429. The van der Waals surface area contributed by atoms with Crippen LogP contribution in [0.25, 0.3) is 0 Å². The molecule has 0 amide bonds. The van der Waals surface area contributed by atoms with Crippen LogP contribution in [0.4, 0.5) is 23.2 Å². The molecule has 1 saturated heterocycles. The SMILES string of the molecule is CN=C1NN(C(C)C)C2C(C)N=C(c3ccccc3F)c3cc(C(F)(F)F)ccc3N12.Cl. The molecule has 172 valence electrons. The van der Waals surface area contributed by atoms with Crippen molar-refractivity contribution in [2.24, 2.45) is 9.98 Å². The first-order valence-electron chi connectivity index (χ1n) is 9.98. The highest BCUT2D eigenvalue weighted by Gasteiger charge is 2.45. The number of guanidine groups is 1. The van der Waals surface area contributed by atoms with Gasteiger partial charge in [-0.15, -0.1) is 12.4 Å². The van der Waals surface area contributed by atoms with Gasteiger partial charge in [0.2, 0.25) is 5.96 Å². The summed E-state index contributed by atoms with van der Waals surface area (Å²) in [5, 5.41) is 1.96. The number of anilines is 1. The van der Waals surface area contributed by atoms with E-state index in [4.69, 9.17) is 4.99 Å². The van der Waals surface area contributed by atoms with Gasteiger partial charge >= 0.3 is 6.18 Å². The number of nitrogens with one attached hydrogen (secondary N) is 1. The first kappa shape index (κ1) is 24.0. The normalized spacial score (nSPS) is 22.1. The maximum Gasteiger partial charge on any atom is 0.416 e. The van der Waals surface area contributed by atoms with Crippen molar-refractivity contribution >= 4 is 29.8 Å². The van der Waals surface area contributed by atoms with Gasteiger partial charge < -0.3 is 0 Å². The molecule has 1 fully saturated rings. The van der Waals surface area contributed by atoms with Crippen LogP contribution in [0, 0.1) is 5.82 Å². The summed E-state index contributed by atoms with van der Waals surface area (Å²) in [6.07, 6.45) is -4.89. The highest BCUT2D eigenvalue weighted by atomic mass is 35.5. The van der Waals surface area contributed by atoms with Gasteiger partial charge in [-0.2, -0.15) is 18.2 Å². The van der Waals surface area contributed by atoms with Crippen molar-refractivity contribution in [1.82, 2.24) is 10.4 Å². The van der Waals surface area contributed by atoms with Gasteiger partial charge in [0.05, 0.1) is 23.0 Å². The molecule has 0 bridgehead atoms. The largest absolute Gasteiger partial charge is 0.416 e. The fourth-order valence-electron chi connectivity index (χ4n) is 4.10. The highest BCUT2D eigenvalue weighted by molar-refractivity contribution is 6.18. The third-order valence-electron chi connectivity index (χ3n) is 5.51. The zero-order valence-electron chi connectivity index (χ0n) is 18.0. The maximum absolute atomic E-state index is 14.7.